The number of nitrogens with zero attached hydrogens (tertiary/aromatic N) is 1. The van der Waals surface area contributed by atoms with Gasteiger partial charge in [-0.1, -0.05) is 12.1 Å². The fourth-order valence-electron chi connectivity index (χ4n) is 1.44. The maximum atomic E-state index is 5.76. The van der Waals surface area contributed by atoms with E-state index in [-0.39, 0.29) is 6.04 Å². The Morgan fingerprint density at radius 3 is 2.57 bits per heavy atom. The molecule has 0 aliphatic carbocycles. The second-order valence-corrected chi connectivity index (χ2v) is 3.45. The van der Waals surface area contributed by atoms with Crippen LogP contribution in [0.2, 0.25) is 0 Å². The third-order valence-electron chi connectivity index (χ3n) is 2.27. The number of nitrogens with two attached hydrogens (primary N) is 1. The maximum Gasteiger partial charge on any atom is 0.216 e. The van der Waals surface area contributed by atoms with Crippen LogP contribution in [0, 0.1) is 0 Å². The van der Waals surface area contributed by atoms with Gasteiger partial charge in [-0.05, 0) is 24.6 Å². The van der Waals surface area contributed by atoms with E-state index >= 15 is 0 Å². The number of benzene rings is 1. The summed E-state index contributed by atoms with van der Waals surface area (Å²) in [4.78, 5) is 4.24. The van der Waals surface area contributed by atoms with Gasteiger partial charge in [0.05, 0.1) is 6.54 Å². The van der Waals surface area contributed by atoms with Crippen LogP contribution in [0.1, 0.15) is 24.1 Å². The predicted octanol–water partition coefficient (Wildman–Crippen LogP) is 1.48. The molecule has 0 spiro atoms. The summed E-state index contributed by atoms with van der Waals surface area (Å²) < 4.78 is 5.36. The molecule has 0 saturated carbocycles. The van der Waals surface area contributed by atoms with E-state index in [9.17, 15) is 0 Å². The van der Waals surface area contributed by atoms with Gasteiger partial charge in [0.1, 0.15) is 6.61 Å². The van der Waals surface area contributed by atoms with Crippen LogP contribution in [0.4, 0.5) is 0 Å². The average Bonchev–Trinajstić information content (AvgIpc) is 2.71. The summed E-state index contributed by atoms with van der Waals surface area (Å²) in [7, 11) is 0. The van der Waals surface area contributed by atoms with Gasteiger partial charge in [0.15, 0.2) is 0 Å². The minimum atomic E-state index is 0.0792. The molecule has 0 saturated heterocycles. The highest BCUT2D eigenvalue weighted by molar-refractivity contribution is 5.94. The van der Waals surface area contributed by atoms with Crippen LogP contribution in [0.3, 0.4) is 0 Å². The van der Waals surface area contributed by atoms with E-state index in [2.05, 4.69) is 4.99 Å². The molecule has 3 nitrogen and oxygen atoms in total. The summed E-state index contributed by atoms with van der Waals surface area (Å²) in [5, 5.41) is 0. The van der Waals surface area contributed by atoms with Crippen LogP contribution < -0.4 is 5.73 Å². The van der Waals surface area contributed by atoms with E-state index in [1.54, 1.807) is 0 Å². The topological polar surface area (TPSA) is 47.6 Å². The Morgan fingerprint density at radius 1 is 1.36 bits per heavy atom. The molecular weight excluding hydrogens is 176 g/mol. The second kappa shape index (κ2) is 3.80. The molecule has 14 heavy (non-hydrogen) atoms. The van der Waals surface area contributed by atoms with Gasteiger partial charge in [-0.3, -0.25) is 0 Å². The lowest BCUT2D eigenvalue weighted by atomic mass is 10.1. The van der Waals surface area contributed by atoms with E-state index in [0.717, 1.165) is 23.6 Å². The summed E-state index contributed by atoms with van der Waals surface area (Å²) in [6, 6.07) is 8.12. The Morgan fingerprint density at radius 2 is 2.07 bits per heavy atom. The van der Waals surface area contributed by atoms with Gasteiger partial charge >= 0.3 is 0 Å². The van der Waals surface area contributed by atoms with Crippen LogP contribution in [-0.2, 0) is 4.74 Å². The Balaban J connectivity index is 2.21. The summed E-state index contributed by atoms with van der Waals surface area (Å²) >= 11 is 0. The van der Waals surface area contributed by atoms with Crippen molar-refractivity contribution < 1.29 is 4.74 Å². The van der Waals surface area contributed by atoms with Gasteiger partial charge in [0.25, 0.3) is 0 Å². The van der Waals surface area contributed by atoms with Crippen LogP contribution in [-0.4, -0.2) is 19.0 Å². The van der Waals surface area contributed by atoms with Crippen molar-refractivity contribution in [2.24, 2.45) is 10.7 Å². The lowest BCUT2D eigenvalue weighted by Crippen LogP contribution is -2.06. The van der Waals surface area contributed by atoms with Crippen molar-refractivity contribution >= 4 is 5.90 Å². The summed E-state index contributed by atoms with van der Waals surface area (Å²) in [6.07, 6.45) is 0. The second-order valence-electron chi connectivity index (χ2n) is 3.45. The van der Waals surface area contributed by atoms with Gasteiger partial charge in [-0.15, -0.1) is 0 Å². The molecule has 0 amide bonds. The Hall–Kier alpha value is -1.35. The fourth-order valence-corrected chi connectivity index (χ4v) is 1.44. The van der Waals surface area contributed by atoms with Gasteiger partial charge in [0, 0.05) is 11.6 Å². The monoisotopic (exact) mass is 190 g/mol. The number of hydrogen-bond donors (Lipinski definition) is 1. The number of hydrogen-bond acceptors (Lipinski definition) is 3. The Kier molecular flexibility index (Phi) is 2.50. The molecule has 1 atom stereocenters. The van der Waals surface area contributed by atoms with Crippen molar-refractivity contribution in [3.8, 4) is 0 Å². The first-order valence-electron chi connectivity index (χ1n) is 4.80. The zero-order valence-electron chi connectivity index (χ0n) is 8.23. The predicted molar refractivity (Wildman–Crippen MR) is 56.4 cm³/mol. The Labute approximate surface area is 83.6 Å². The molecule has 1 aromatic carbocycles. The van der Waals surface area contributed by atoms with E-state index in [1.165, 1.54) is 0 Å². The first kappa shape index (κ1) is 9.21. The van der Waals surface area contributed by atoms with Crippen molar-refractivity contribution in [2.45, 2.75) is 13.0 Å². The lowest BCUT2D eigenvalue weighted by molar-refractivity contribution is 0.348. The molecular formula is C11H14N2O. The molecule has 0 radical (unpaired) electrons. The molecule has 74 valence electrons. The minimum absolute atomic E-state index is 0.0792. The zero-order chi connectivity index (χ0) is 9.97. The van der Waals surface area contributed by atoms with E-state index in [1.807, 2.05) is 31.2 Å². The maximum absolute atomic E-state index is 5.76. The Bertz CT molecular complexity index is 341. The molecule has 0 fully saturated rings. The first-order valence-corrected chi connectivity index (χ1v) is 4.80. The van der Waals surface area contributed by atoms with Crippen LogP contribution in [0.25, 0.3) is 0 Å². The smallest absolute Gasteiger partial charge is 0.216 e. The third kappa shape index (κ3) is 1.77. The van der Waals surface area contributed by atoms with E-state index in [0.29, 0.717) is 6.61 Å². The van der Waals surface area contributed by atoms with Crippen molar-refractivity contribution in [2.75, 3.05) is 13.2 Å². The molecule has 1 aromatic rings. The summed E-state index contributed by atoms with van der Waals surface area (Å²) in [5.41, 5.74) is 7.92. The SMILES string of the molecule is CC(N)c1ccc(C2=NCCO2)cc1. The zero-order valence-corrected chi connectivity index (χ0v) is 8.23. The average molecular weight is 190 g/mol. The fraction of sp³-hybridized carbons (Fsp3) is 0.364. The number of aliphatic imine (C=N–C) groups is 1. The molecule has 1 heterocycles. The molecule has 1 aliphatic heterocycles. The largest absolute Gasteiger partial charge is 0.476 e. The van der Waals surface area contributed by atoms with Crippen molar-refractivity contribution in [3.63, 3.8) is 0 Å². The van der Waals surface area contributed by atoms with Crippen molar-refractivity contribution in [1.29, 1.82) is 0 Å². The molecule has 2 N–H and O–H groups in total. The van der Waals surface area contributed by atoms with Crippen LogP contribution in [0.15, 0.2) is 29.3 Å². The van der Waals surface area contributed by atoms with Gasteiger partial charge < -0.3 is 10.5 Å². The standard InChI is InChI=1S/C11H14N2O/c1-8(12)9-2-4-10(5-3-9)11-13-6-7-14-11/h2-5,8H,6-7,12H2,1H3. The number of ether oxygens (including phenoxy) is 1. The van der Waals surface area contributed by atoms with E-state index in [4.69, 9.17) is 10.5 Å². The summed E-state index contributed by atoms with van der Waals surface area (Å²) in [5.74, 6) is 0.751. The van der Waals surface area contributed by atoms with Crippen molar-refractivity contribution in [1.82, 2.24) is 0 Å². The molecule has 1 unspecified atom stereocenters. The molecule has 3 heteroatoms. The molecule has 0 aromatic heterocycles. The minimum Gasteiger partial charge on any atom is -0.476 e. The summed E-state index contributed by atoms with van der Waals surface area (Å²) in [6.45, 7) is 3.44. The van der Waals surface area contributed by atoms with Gasteiger partial charge in [-0.2, -0.15) is 0 Å². The normalized spacial score (nSPS) is 17.4. The molecule has 1 aliphatic rings. The highest BCUT2D eigenvalue weighted by Gasteiger charge is 2.09. The van der Waals surface area contributed by atoms with Gasteiger partial charge in [0.2, 0.25) is 5.90 Å². The quantitative estimate of drug-likeness (QED) is 0.768. The molecule has 2 rings (SSSR count). The van der Waals surface area contributed by atoms with Crippen LogP contribution in [0.5, 0.6) is 0 Å². The third-order valence-corrected chi connectivity index (χ3v) is 2.27. The molecule has 0 bridgehead atoms. The first-order chi connectivity index (χ1) is 6.77. The number of rotatable bonds is 2. The highest BCUT2D eigenvalue weighted by atomic mass is 16.5. The lowest BCUT2D eigenvalue weighted by Gasteiger charge is -2.06. The van der Waals surface area contributed by atoms with Crippen LogP contribution >= 0.6 is 0 Å². The van der Waals surface area contributed by atoms with Gasteiger partial charge in [-0.25, -0.2) is 4.99 Å². The highest BCUT2D eigenvalue weighted by Crippen LogP contribution is 2.13. The van der Waals surface area contributed by atoms with E-state index < -0.39 is 0 Å². The van der Waals surface area contributed by atoms with Crippen molar-refractivity contribution in [3.05, 3.63) is 35.4 Å².